The van der Waals surface area contributed by atoms with Crippen LogP contribution in [0.2, 0.25) is 0 Å². The molecule has 32 heavy (non-hydrogen) atoms. The maximum atomic E-state index is 13.1. The van der Waals surface area contributed by atoms with E-state index in [-0.39, 0.29) is 17.2 Å². The predicted molar refractivity (Wildman–Crippen MR) is 126 cm³/mol. The van der Waals surface area contributed by atoms with Crippen LogP contribution in [0.3, 0.4) is 0 Å². The summed E-state index contributed by atoms with van der Waals surface area (Å²) in [6.45, 7) is 7.46. The second-order valence-corrected chi connectivity index (χ2v) is 9.30. The van der Waals surface area contributed by atoms with Gasteiger partial charge in [-0.3, -0.25) is 9.59 Å². The normalized spacial score (nSPS) is 19.2. The number of methoxy groups -OCH3 is 1. The molecule has 168 valence electrons. The average Bonchev–Trinajstić information content (AvgIpc) is 2.78. The van der Waals surface area contributed by atoms with Gasteiger partial charge in [0.1, 0.15) is 5.75 Å². The summed E-state index contributed by atoms with van der Waals surface area (Å²) in [5.41, 5.74) is 3.97. The third-order valence-corrected chi connectivity index (χ3v) is 6.19. The van der Waals surface area contributed by atoms with Gasteiger partial charge in [0.15, 0.2) is 5.78 Å². The number of nitrogens with one attached hydrogen (secondary N) is 1. The second-order valence-electron chi connectivity index (χ2n) is 9.30. The first-order valence-electron chi connectivity index (χ1n) is 11.1. The lowest BCUT2D eigenvalue weighted by molar-refractivity contribution is 0.0664. The number of likely N-dealkylation sites (N-methyl/N-ethyl adjacent to an activating group) is 1. The van der Waals surface area contributed by atoms with Crippen LogP contribution < -0.4 is 10.1 Å². The number of benzene rings is 2. The minimum Gasteiger partial charge on any atom is -0.497 e. The number of amides is 1. The van der Waals surface area contributed by atoms with E-state index in [1.54, 1.807) is 37.5 Å². The maximum absolute atomic E-state index is 13.1. The Bertz CT molecular complexity index is 1050. The Morgan fingerprint density at radius 2 is 1.66 bits per heavy atom. The second kappa shape index (κ2) is 8.79. The number of piperazine rings is 1. The lowest BCUT2D eigenvalue weighted by Crippen LogP contribution is -2.47. The number of hydrogen-bond acceptors (Lipinski definition) is 5. The van der Waals surface area contributed by atoms with Crippen LogP contribution in [0.25, 0.3) is 5.70 Å². The topological polar surface area (TPSA) is 61.9 Å². The first-order chi connectivity index (χ1) is 15.3. The van der Waals surface area contributed by atoms with E-state index in [1.165, 1.54) is 5.56 Å². The van der Waals surface area contributed by atoms with Gasteiger partial charge in [0.2, 0.25) is 0 Å². The summed E-state index contributed by atoms with van der Waals surface area (Å²) in [5, 5.41) is 3.50. The number of hydrogen-bond donors (Lipinski definition) is 1. The van der Waals surface area contributed by atoms with E-state index in [0.717, 1.165) is 49.6 Å². The zero-order chi connectivity index (χ0) is 22.9. The zero-order valence-electron chi connectivity index (χ0n) is 19.3. The molecule has 1 fully saturated rings. The van der Waals surface area contributed by atoms with Gasteiger partial charge in [-0.05, 0) is 57.1 Å². The lowest BCUT2D eigenvalue weighted by Gasteiger charge is -2.35. The molecule has 0 aliphatic carbocycles. The van der Waals surface area contributed by atoms with Gasteiger partial charge in [-0.1, -0.05) is 18.2 Å². The predicted octanol–water partition coefficient (Wildman–Crippen LogP) is 3.23. The standard InChI is InChI=1S/C26H31N3O3/c1-26(2)17-20-9-10-21(32-4)15-22(20)23(27-26)16-24(30)18-5-7-19(8-6-18)25(31)29-13-11-28(3)12-14-29/h5-10,15-16,27H,11-14,17H2,1-4H3. The summed E-state index contributed by atoms with van der Waals surface area (Å²) in [5.74, 6) is 0.681. The molecule has 0 atom stereocenters. The molecular weight excluding hydrogens is 402 g/mol. The van der Waals surface area contributed by atoms with Crippen molar-refractivity contribution in [2.75, 3.05) is 40.3 Å². The number of ketones is 1. The molecule has 0 aromatic heterocycles. The third-order valence-electron chi connectivity index (χ3n) is 6.19. The van der Waals surface area contributed by atoms with Crippen molar-refractivity contribution in [3.63, 3.8) is 0 Å². The van der Waals surface area contributed by atoms with Crippen molar-refractivity contribution in [3.8, 4) is 5.75 Å². The third kappa shape index (κ3) is 4.70. The molecule has 0 radical (unpaired) electrons. The molecular formula is C26H31N3O3. The van der Waals surface area contributed by atoms with E-state index in [4.69, 9.17) is 4.74 Å². The molecule has 6 heteroatoms. The molecule has 2 aliphatic heterocycles. The van der Waals surface area contributed by atoms with E-state index in [0.29, 0.717) is 11.1 Å². The molecule has 0 bridgehead atoms. The Labute approximate surface area is 189 Å². The lowest BCUT2D eigenvalue weighted by atomic mass is 9.85. The summed E-state index contributed by atoms with van der Waals surface area (Å²) < 4.78 is 5.38. The maximum Gasteiger partial charge on any atom is 0.253 e. The van der Waals surface area contributed by atoms with E-state index < -0.39 is 0 Å². The highest BCUT2D eigenvalue weighted by atomic mass is 16.5. The van der Waals surface area contributed by atoms with Crippen molar-refractivity contribution in [3.05, 3.63) is 70.8 Å². The van der Waals surface area contributed by atoms with Crippen LogP contribution in [0.4, 0.5) is 0 Å². The minimum atomic E-state index is -0.160. The van der Waals surface area contributed by atoms with Crippen LogP contribution in [0.5, 0.6) is 5.75 Å². The van der Waals surface area contributed by atoms with E-state index in [2.05, 4.69) is 37.2 Å². The van der Waals surface area contributed by atoms with E-state index >= 15 is 0 Å². The highest BCUT2D eigenvalue weighted by Crippen LogP contribution is 2.32. The Hall–Kier alpha value is -3.12. The van der Waals surface area contributed by atoms with Gasteiger partial charge in [0.25, 0.3) is 5.91 Å². The average molecular weight is 434 g/mol. The number of allylic oxidation sites excluding steroid dienone is 1. The van der Waals surface area contributed by atoms with Gasteiger partial charge in [-0.2, -0.15) is 0 Å². The minimum absolute atomic E-state index is 0.0205. The smallest absolute Gasteiger partial charge is 0.253 e. The highest BCUT2D eigenvalue weighted by molar-refractivity contribution is 6.09. The molecule has 1 N–H and O–H groups in total. The van der Waals surface area contributed by atoms with E-state index in [9.17, 15) is 9.59 Å². The monoisotopic (exact) mass is 433 g/mol. The fourth-order valence-electron chi connectivity index (χ4n) is 4.34. The van der Waals surface area contributed by atoms with Crippen LogP contribution in [0.15, 0.2) is 48.5 Å². The largest absolute Gasteiger partial charge is 0.497 e. The fraction of sp³-hybridized carbons (Fsp3) is 0.385. The number of rotatable bonds is 4. The molecule has 6 nitrogen and oxygen atoms in total. The van der Waals surface area contributed by atoms with Crippen molar-refractivity contribution in [1.29, 1.82) is 0 Å². The molecule has 0 unspecified atom stereocenters. The van der Waals surface area contributed by atoms with Gasteiger partial charge < -0.3 is 19.9 Å². The van der Waals surface area contributed by atoms with Gasteiger partial charge in [0, 0.05) is 60.2 Å². The summed E-state index contributed by atoms with van der Waals surface area (Å²) in [7, 11) is 3.70. The quantitative estimate of drug-likeness (QED) is 0.593. The summed E-state index contributed by atoms with van der Waals surface area (Å²) in [6.07, 6.45) is 2.51. The molecule has 2 aliphatic rings. The van der Waals surface area contributed by atoms with Crippen LogP contribution >= 0.6 is 0 Å². The van der Waals surface area contributed by atoms with Gasteiger partial charge in [0.05, 0.1) is 7.11 Å². The van der Waals surface area contributed by atoms with Crippen LogP contribution in [-0.2, 0) is 6.42 Å². The fourth-order valence-corrected chi connectivity index (χ4v) is 4.34. The summed E-state index contributed by atoms with van der Waals surface area (Å²) in [6, 6.07) is 13.0. The van der Waals surface area contributed by atoms with E-state index in [1.807, 2.05) is 17.0 Å². The van der Waals surface area contributed by atoms with Gasteiger partial charge in [-0.15, -0.1) is 0 Å². The SMILES string of the molecule is COc1ccc2c(c1)C(=CC(=O)c1ccc(C(=O)N3CCN(C)CC3)cc1)NC(C)(C)C2. The number of carbonyl (C=O) groups is 2. The summed E-state index contributed by atoms with van der Waals surface area (Å²) >= 11 is 0. The van der Waals surface area contributed by atoms with Crippen molar-refractivity contribution >= 4 is 17.4 Å². The molecule has 0 saturated carbocycles. The van der Waals surface area contributed by atoms with Gasteiger partial charge in [-0.25, -0.2) is 0 Å². The number of carbonyl (C=O) groups excluding carboxylic acids is 2. The van der Waals surface area contributed by atoms with Crippen LogP contribution in [0, 0.1) is 0 Å². The highest BCUT2D eigenvalue weighted by Gasteiger charge is 2.28. The van der Waals surface area contributed by atoms with Crippen molar-refractivity contribution in [1.82, 2.24) is 15.1 Å². The molecule has 1 saturated heterocycles. The first-order valence-corrected chi connectivity index (χ1v) is 11.1. The Morgan fingerprint density at radius 1 is 1.00 bits per heavy atom. The molecule has 1 amide bonds. The zero-order valence-corrected chi connectivity index (χ0v) is 19.3. The number of nitrogens with zero attached hydrogens (tertiary/aromatic N) is 2. The van der Waals surface area contributed by atoms with Crippen LogP contribution in [-0.4, -0.2) is 67.4 Å². The molecule has 2 heterocycles. The Balaban J connectivity index is 1.55. The van der Waals surface area contributed by atoms with Crippen molar-refractivity contribution < 1.29 is 14.3 Å². The summed E-state index contributed by atoms with van der Waals surface area (Å²) in [4.78, 5) is 29.9. The van der Waals surface area contributed by atoms with Crippen molar-refractivity contribution in [2.24, 2.45) is 0 Å². The van der Waals surface area contributed by atoms with Crippen LogP contribution in [0.1, 0.15) is 45.7 Å². The van der Waals surface area contributed by atoms with Crippen molar-refractivity contribution in [2.45, 2.75) is 25.8 Å². The number of ether oxygens (including phenoxy) is 1. The molecule has 2 aromatic carbocycles. The molecule has 0 spiro atoms. The Kier molecular flexibility index (Phi) is 6.07. The molecule has 2 aromatic rings. The molecule has 4 rings (SSSR count). The Morgan fingerprint density at radius 3 is 2.31 bits per heavy atom. The van der Waals surface area contributed by atoms with Gasteiger partial charge >= 0.3 is 0 Å². The first kappa shape index (κ1) is 22.1. The number of fused-ring (bicyclic) bond motifs is 1.